The molecule has 0 saturated carbocycles. The van der Waals surface area contributed by atoms with E-state index in [9.17, 15) is 28.8 Å². The summed E-state index contributed by atoms with van der Waals surface area (Å²) in [5.74, 6) is -4.53. The molecule has 0 radical (unpaired) electrons. The van der Waals surface area contributed by atoms with Crippen LogP contribution in [0.4, 0.5) is 0 Å². The number of carbonyl (C=O) groups excluding carboxylic acids is 3. The second-order valence-electron chi connectivity index (χ2n) is 11.0. The summed E-state index contributed by atoms with van der Waals surface area (Å²) in [6, 6.07) is 11.0. The van der Waals surface area contributed by atoms with Crippen LogP contribution in [0.15, 0.2) is 48.5 Å². The number of aromatic carboxylic acids is 2. The molecule has 0 aromatic heterocycles. The van der Waals surface area contributed by atoms with E-state index < -0.39 is 35.3 Å². The minimum Gasteiger partial charge on any atom is -0.481 e. The highest BCUT2D eigenvalue weighted by atomic mass is 16.6. The first-order chi connectivity index (χ1) is 21.8. The first-order valence-corrected chi connectivity index (χ1v) is 14.7. The number of benzene rings is 2. The predicted octanol–water partition coefficient (Wildman–Crippen LogP) is 4.85. The molecule has 0 amide bonds. The number of hydrogen-bond acceptors (Lipinski definition) is 10. The summed E-state index contributed by atoms with van der Waals surface area (Å²) >= 11 is 0. The second kappa shape index (κ2) is 21.0. The Morgan fingerprint density at radius 3 is 1.67 bits per heavy atom. The molecule has 0 aliphatic rings. The lowest BCUT2D eigenvalue weighted by molar-refractivity contribution is -0.145. The summed E-state index contributed by atoms with van der Waals surface area (Å²) in [5.41, 5.74) is 0.0183. The summed E-state index contributed by atoms with van der Waals surface area (Å²) in [5, 5.41) is 35.2. The summed E-state index contributed by atoms with van der Waals surface area (Å²) in [6.45, 7) is 3.40. The fourth-order valence-corrected chi connectivity index (χ4v) is 3.62. The molecule has 4 N–H and O–H groups in total. The van der Waals surface area contributed by atoms with E-state index in [0.717, 1.165) is 25.7 Å². The topological polar surface area (TPSA) is 211 Å². The molecular formula is C33H42O13. The third kappa shape index (κ3) is 16.9. The zero-order valence-corrected chi connectivity index (χ0v) is 26.1. The van der Waals surface area contributed by atoms with E-state index in [0.29, 0.717) is 12.8 Å². The van der Waals surface area contributed by atoms with Gasteiger partial charge in [-0.2, -0.15) is 0 Å². The van der Waals surface area contributed by atoms with Crippen LogP contribution in [-0.4, -0.2) is 82.7 Å². The fraction of sp³-hybridized carbons (Fsp3) is 0.455. The zero-order valence-electron chi connectivity index (χ0n) is 26.1. The summed E-state index contributed by atoms with van der Waals surface area (Å²) in [4.78, 5) is 66.9. The van der Waals surface area contributed by atoms with E-state index in [2.05, 4.69) is 0 Å². The summed E-state index contributed by atoms with van der Waals surface area (Å²) < 4.78 is 15.0. The first kappa shape index (κ1) is 39.2. The maximum Gasteiger partial charge on any atom is 0.338 e. The van der Waals surface area contributed by atoms with Gasteiger partial charge in [0.25, 0.3) is 0 Å². The van der Waals surface area contributed by atoms with Crippen LogP contribution in [0.1, 0.15) is 107 Å². The van der Waals surface area contributed by atoms with Gasteiger partial charge in [-0.05, 0) is 55.3 Å². The van der Waals surface area contributed by atoms with E-state index >= 15 is 0 Å². The van der Waals surface area contributed by atoms with Crippen molar-refractivity contribution in [2.45, 2.75) is 65.2 Å². The van der Waals surface area contributed by atoms with Crippen molar-refractivity contribution in [3.05, 3.63) is 70.8 Å². The summed E-state index contributed by atoms with van der Waals surface area (Å²) in [6.07, 6.45) is 5.48. The molecule has 0 bridgehead atoms. The van der Waals surface area contributed by atoms with Gasteiger partial charge in [0.2, 0.25) is 0 Å². The smallest absolute Gasteiger partial charge is 0.338 e. The second-order valence-corrected chi connectivity index (χ2v) is 11.0. The molecule has 13 heteroatoms. The van der Waals surface area contributed by atoms with Crippen molar-refractivity contribution >= 4 is 35.8 Å². The standard InChI is InChI=1S/C20H26O8.C13H16O5/c21-17(22)10-5-3-1-2-4-6-11-18(23)27-12-13-28-20(26)16-9-7-8-15(14-16)19(24)25;1-13(2,7-14)8-18-12(17)10-5-3-9(4-6-10)11(15)16/h7-9,14H,1-6,10-13H2,(H,21,22)(H,24,25);3-6,14H,7-8H2,1-2H3,(H,15,16). The van der Waals surface area contributed by atoms with Crippen LogP contribution in [0.3, 0.4) is 0 Å². The van der Waals surface area contributed by atoms with Crippen LogP contribution in [-0.2, 0) is 23.8 Å². The molecule has 2 aromatic carbocycles. The minimum absolute atomic E-state index is 0.0113. The number of hydrogen-bond donors (Lipinski definition) is 4. The Labute approximate surface area is 267 Å². The lowest BCUT2D eigenvalue weighted by atomic mass is 9.96. The number of esters is 3. The van der Waals surface area contributed by atoms with E-state index in [-0.39, 0.29) is 67.5 Å². The third-order valence-electron chi connectivity index (χ3n) is 6.34. The Morgan fingerprint density at radius 1 is 0.609 bits per heavy atom. The van der Waals surface area contributed by atoms with E-state index in [4.69, 9.17) is 34.6 Å². The van der Waals surface area contributed by atoms with Crippen molar-refractivity contribution in [1.82, 2.24) is 0 Å². The van der Waals surface area contributed by atoms with Crippen molar-refractivity contribution in [2.75, 3.05) is 26.4 Å². The maximum atomic E-state index is 11.8. The normalized spacial score (nSPS) is 10.6. The van der Waals surface area contributed by atoms with Gasteiger partial charge in [-0.15, -0.1) is 0 Å². The molecule has 2 rings (SSSR count). The monoisotopic (exact) mass is 646 g/mol. The number of aliphatic carboxylic acids is 1. The molecular weight excluding hydrogens is 604 g/mol. The molecule has 0 spiro atoms. The Balaban J connectivity index is 0.000000506. The molecule has 252 valence electrons. The highest BCUT2D eigenvalue weighted by Crippen LogP contribution is 2.15. The number of carboxylic acid groups (broad SMARTS) is 3. The molecule has 0 atom stereocenters. The molecule has 2 aromatic rings. The third-order valence-corrected chi connectivity index (χ3v) is 6.34. The molecule has 0 saturated heterocycles. The predicted molar refractivity (Wildman–Crippen MR) is 164 cm³/mol. The molecule has 0 heterocycles. The van der Waals surface area contributed by atoms with Gasteiger partial charge in [0.1, 0.15) is 13.2 Å². The average Bonchev–Trinajstić information content (AvgIpc) is 3.03. The number of ether oxygens (including phenoxy) is 3. The van der Waals surface area contributed by atoms with Crippen LogP contribution < -0.4 is 0 Å². The van der Waals surface area contributed by atoms with E-state index in [1.165, 1.54) is 48.5 Å². The van der Waals surface area contributed by atoms with Gasteiger partial charge in [0, 0.05) is 18.3 Å². The maximum absolute atomic E-state index is 11.8. The van der Waals surface area contributed by atoms with E-state index in [1.807, 2.05) is 0 Å². The Morgan fingerprint density at radius 2 is 1.11 bits per heavy atom. The molecule has 13 nitrogen and oxygen atoms in total. The highest BCUT2D eigenvalue weighted by Gasteiger charge is 2.20. The quantitative estimate of drug-likeness (QED) is 0.0914. The van der Waals surface area contributed by atoms with Crippen molar-refractivity contribution in [3.63, 3.8) is 0 Å². The van der Waals surface area contributed by atoms with Crippen LogP contribution in [0.25, 0.3) is 0 Å². The van der Waals surface area contributed by atoms with Crippen molar-refractivity contribution < 1.29 is 63.4 Å². The van der Waals surface area contributed by atoms with Crippen molar-refractivity contribution in [2.24, 2.45) is 5.41 Å². The van der Waals surface area contributed by atoms with Gasteiger partial charge in [-0.3, -0.25) is 9.59 Å². The fourth-order valence-electron chi connectivity index (χ4n) is 3.62. The van der Waals surface area contributed by atoms with E-state index in [1.54, 1.807) is 13.8 Å². The van der Waals surface area contributed by atoms with Crippen LogP contribution in [0, 0.1) is 5.41 Å². The lowest BCUT2D eigenvalue weighted by Crippen LogP contribution is -2.25. The Hall–Kier alpha value is -4.78. The molecule has 0 unspecified atom stereocenters. The molecule has 0 aliphatic heterocycles. The number of carboxylic acids is 3. The molecule has 0 aliphatic carbocycles. The Bertz CT molecular complexity index is 1300. The highest BCUT2D eigenvalue weighted by molar-refractivity contribution is 5.94. The van der Waals surface area contributed by atoms with Crippen molar-refractivity contribution in [1.29, 1.82) is 0 Å². The largest absolute Gasteiger partial charge is 0.481 e. The van der Waals surface area contributed by atoms with Gasteiger partial charge in [0.05, 0.1) is 35.5 Å². The summed E-state index contributed by atoms with van der Waals surface area (Å²) in [7, 11) is 0. The SMILES string of the molecule is CC(C)(CO)COC(=O)c1ccc(C(=O)O)cc1.O=C(O)CCCCCCCCC(=O)OCCOC(=O)c1cccc(C(=O)O)c1. The minimum atomic E-state index is -1.14. The van der Waals surface area contributed by atoms with Gasteiger partial charge >= 0.3 is 35.8 Å². The van der Waals surface area contributed by atoms with Crippen LogP contribution >= 0.6 is 0 Å². The van der Waals surface area contributed by atoms with Gasteiger partial charge in [0.15, 0.2) is 0 Å². The number of rotatable bonds is 19. The zero-order chi connectivity index (χ0) is 34.5. The number of aliphatic hydroxyl groups excluding tert-OH is 1. The number of carbonyl (C=O) groups is 6. The van der Waals surface area contributed by atoms with Crippen LogP contribution in [0.2, 0.25) is 0 Å². The van der Waals surface area contributed by atoms with Gasteiger partial charge in [-0.25, -0.2) is 19.2 Å². The van der Waals surface area contributed by atoms with Gasteiger partial charge in [-0.1, -0.05) is 45.6 Å². The first-order valence-electron chi connectivity index (χ1n) is 14.7. The number of aliphatic hydroxyl groups is 1. The van der Waals surface area contributed by atoms with Crippen LogP contribution in [0.5, 0.6) is 0 Å². The number of unbranched alkanes of at least 4 members (excludes halogenated alkanes) is 5. The molecule has 0 fully saturated rings. The average molecular weight is 647 g/mol. The van der Waals surface area contributed by atoms with Gasteiger partial charge < -0.3 is 34.6 Å². The lowest BCUT2D eigenvalue weighted by Gasteiger charge is -2.20. The molecule has 46 heavy (non-hydrogen) atoms. The Kier molecular flexibility index (Phi) is 18.0. The van der Waals surface area contributed by atoms with Crippen molar-refractivity contribution in [3.8, 4) is 0 Å².